The molecule has 2 fully saturated rings. The molecule has 8 nitrogen and oxygen atoms in total. The summed E-state index contributed by atoms with van der Waals surface area (Å²) < 4.78 is 13.3. The largest absolute Gasteiger partial charge is 0.378 e. The van der Waals surface area contributed by atoms with Gasteiger partial charge in [-0.05, 0) is 30.7 Å². The Bertz CT molecular complexity index is 815. The van der Waals surface area contributed by atoms with E-state index in [1.807, 2.05) is 33.8 Å². The Labute approximate surface area is 157 Å². The number of benzene rings is 1. The minimum atomic E-state index is -0.0236. The number of carbonyl (C=O) groups excluding carboxylic acids is 1. The van der Waals surface area contributed by atoms with Gasteiger partial charge in [0.1, 0.15) is 0 Å². The van der Waals surface area contributed by atoms with Gasteiger partial charge in [-0.1, -0.05) is 5.21 Å². The second-order valence-electron chi connectivity index (χ2n) is 7.27. The summed E-state index contributed by atoms with van der Waals surface area (Å²) in [6.45, 7) is 5.09. The number of morpholine rings is 1. The Balaban J connectivity index is 1.26. The van der Waals surface area contributed by atoms with Crippen LogP contribution < -0.4 is 4.90 Å². The Morgan fingerprint density at radius 3 is 2.74 bits per heavy atom. The average molecular weight is 369 g/mol. The van der Waals surface area contributed by atoms with Gasteiger partial charge in [0.2, 0.25) is 0 Å². The predicted octanol–water partition coefficient (Wildman–Crippen LogP) is 1.10. The summed E-state index contributed by atoms with van der Waals surface area (Å²) in [4.78, 5) is 17.1. The monoisotopic (exact) mass is 369 g/mol. The van der Waals surface area contributed by atoms with Crippen molar-refractivity contribution in [3.63, 3.8) is 0 Å². The number of rotatable bonds is 2. The lowest BCUT2D eigenvalue weighted by Crippen LogP contribution is -2.50. The minimum Gasteiger partial charge on any atom is -0.378 e. The number of hydrogen-bond donors (Lipinski definition) is 0. The molecule has 1 aromatic heterocycles. The van der Waals surface area contributed by atoms with Crippen molar-refractivity contribution in [2.75, 3.05) is 44.3 Å². The topological polar surface area (TPSA) is 72.7 Å². The van der Waals surface area contributed by atoms with Gasteiger partial charge in [-0.15, -0.1) is 5.10 Å². The van der Waals surface area contributed by atoms with E-state index in [9.17, 15) is 4.79 Å². The van der Waals surface area contributed by atoms with Crippen LogP contribution in [0.1, 0.15) is 28.5 Å². The molecule has 2 saturated heterocycles. The third-order valence-corrected chi connectivity index (χ3v) is 5.71. The van der Waals surface area contributed by atoms with Crippen molar-refractivity contribution < 1.29 is 14.3 Å². The average Bonchev–Trinajstić information content (AvgIpc) is 3.23. The molecule has 4 heterocycles. The molecule has 1 aromatic carbocycles. The zero-order valence-corrected chi connectivity index (χ0v) is 15.2. The molecule has 2 aromatic rings. The molecule has 8 heteroatoms. The Morgan fingerprint density at radius 1 is 1.11 bits per heavy atom. The molecule has 142 valence electrons. The molecule has 0 saturated carbocycles. The fraction of sp³-hybridized carbons (Fsp3) is 0.526. The van der Waals surface area contributed by atoms with Crippen molar-refractivity contribution >= 4 is 11.6 Å². The SMILES string of the molecule is O=C(c1ccc(N2CCOCC2)cc1)N1CC[C@H]2[C@H](C1)OCc1cnnn12. The van der Waals surface area contributed by atoms with E-state index >= 15 is 0 Å². The van der Waals surface area contributed by atoms with Gasteiger partial charge >= 0.3 is 0 Å². The molecular weight excluding hydrogens is 346 g/mol. The predicted molar refractivity (Wildman–Crippen MR) is 97.6 cm³/mol. The van der Waals surface area contributed by atoms with Gasteiger partial charge in [-0.3, -0.25) is 4.79 Å². The fourth-order valence-corrected chi connectivity index (χ4v) is 4.19. The lowest BCUT2D eigenvalue weighted by Gasteiger charge is -2.41. The minimum absolute atomic E-state index is 0.0236. The van der Waals surface area contributed by atoms with E-state index in [1.165, 1.54) is 0 Å². The normalized spacial score (nSPS) is 25.0. The Morgan fingerprint density at radius 2 is 1.93 bits per heavy atom. The summed E-state index contributed by atoms with van der Waals surface area (Å²) in [5.74, 6) is 0.0648. The van der Waals surface area contributed by atoms with Crippen molar-refractivity contribution in [1.29, 1.82) is 0 Å². The van der Waals surface area contributed by atoms with Crippen molar-refractivity contribution in [1.82, 2.24) is 19.9 Å². The van der Waals surface area contributed by atoms with Gasteiger partial charge in [0.25, 0.3) is 5.91 Å². The molecule has 0 aliphatic carbocycles. The van der Waals surface area contributed by atoms with E-state index in [-0.39, 0.29) is 18.1 Å². The zero-order chi connectivity index (χ0) is 18.2. The van der Waals surface area contributed by atoms with E-state index in [0.717, 1.165) is 49.7 Å². The summed E-state index contributed by atoms with van der Waals surface area (Å²) >= 11 is 0. The molecular formula is C19H23N5O3. The smallest absolute Gasteiger partial charge is 0.253 e. The van der Waals surface area contributed by atoms with Gasteiger partial charge in [0.15, 0.2) is 0 Å². The number of piperidine rings is 1. The molecule has 0 spiro atoms. The van der Waals surface area contributed by atoms with Crippen LogP contribution in [0.25, 0.3) is 0 Å². The van der Waals surface area contributed by atoms with Crippen LogP contribution in [-0.2, 0) is 16.1 Å². The van der Waals surface area contributed by atoms with Crippen LogP contribution >= 0.6 is 0 Å². The van der Waals surface area contributed by atoms with Gasteiger partial charge in [0.05, 0.1) is 43.9 Å². The second kappa shape index (κ2) is 6.94. The van der Waals surface area contributed by atoms with Crippen LogP contribution in [0.2, 0.25) is 0 Å². The number of aromatic nitrogens is 3. The summed E-state index contributed by atoms with van der Waals surface area (Å²) in [6.07, 6.45) is 2.56. The number of nitrogens with zero attached hydrogens (tertiary/aromatic N) is 5. The standard InChI is InChI=1S/C19H23N5O3/c25-19(14-1-3-15(4-2-14)22-7-9-26-10-8-22)23-6-5-17-18(12-23)27-13-16-11-20-21-24(16)17/h1-4,11,17-18H,5-10,12-13H2/t17-,18-/m0/s1. The van der Waals surface area contributed by atoms with E-state index < -0.39 is 0 Å². The summed E-state index contributed by atoms with van der Waals surface area (Å²) in [5.41, 5.74) is 2.88. The van der Waals surface area contributed by atoms with Gasteiger partial charge < -0.3 is 19.3 Å². The molecule has 3 aliphatic heterocycles. The van der Waals surface area contributed by atoms with E-state index in [4.69, 9.17) is 9.47 Å². The molecule has 3 aliphatic rings. The van der Waals surface area contributed by atoms with Crippen LogP contribution in [0.5, 0.6) is 0 Å². The first kappa shape index (κ1) is 16.7. The van der Waals surface area contributed by atoms with Crippen molar-refractivity contribution in [2.45, 2.75) is 25.2 Å². The van der Waals surface area contributed by atoms with E-state index in [1.54, 1.807) is 6.20 Å². The molecule has 1 amide bonds. The number of fused-ring (bicyclic) bond motifs is 3. The number of hydrogen-bond acceptors (Lipinski definition) is 6. The maximum Gasteiger partial charge on any atom is 0.253 e. The number of amides is 1. The van der Waals surface area contributed by atoms with Crippen molar-refractivity contribution in [2.24, 2.45) is 0 Å². The van der Waals surface area contributed by atoms with Gasteiger partial charge in [-0.2, -0.15) is 0 Å². The molecule has 2 atom stereocenters. The molecule has 27 heavy (non-hydrogen) atoms. The third kappa shape index (κ3) is 3.08. The van der Waals surface area contributed by atoms with Crippen molar-refractivity contribution in [3.8, 4) is 0 Å². The second-order valence-corrected chi connectivity index (χ2v) is 7.27. The van der Waals surface area contributed by atoms with E-state index in [2.05, 4.69) is 15.2 Å². The van der Waals surface area contributed by atoms with Crippen LogP contribution in [-0.4, -0.2) is 71.3 Å². The van der Waals surface area contributed by atoms with Crippen molar-refractivity contribution in [3.05, 3.63) is 41.7 Å². The number of anilines is 1. The maximum absolute atomic E-state index is 13.0. The lowest BCUT2D eigenvalue weighted by molar-refractivity contribution is -0.0627. The van der Waals surface area contributed by atoms with Crippen LogP contribution in [0.15, 0.2) is 30.5 Å². The summed E-state index contributed by atoms with van der Waals surface area (Å²) in [7, 11) is 0. The van der Waals surface area contributed by atoms with E-state index in [0.29, 0.717) is 19.7 Å². The summed E-state index contributed by atoms with van der Waals surface area (Å²) in [5, 5.41) is 8.18. The maximum atomic E-state index is 13.0. The molecule has 5 rings (SSSR count). The summed E-state index contributed by atoms with van der Waals surface area (Å²) in [6, 6.07) is 8.09. The highest BCUT2D eigenvalue weighted by Gasteiger charge is 2.37. The number of ether oxygens (including phenoxy) is 2. The highest BCUT2D eigenvalue weighted by Crippen LogP contribution is 2.31. The molecule has 0 radical (unpaired) electrons. The molecule has 0 unspecified atom stereocenters. The zero-order valence-electron chi connectivity index (χ0n) is 15.2. The third-order valence-electron chi connectivity index (χ3n) is 5.71. The van der Waals surface area contributed by atoms with Crippen LogP contribution in [0.3, 0.4) is 0 Å². The van der Waals surface area contributed by atoms with Crippen LogP contribution in [0, 0.1) is 0 Å². The highest BCUT2D eigenvalue weighted by molar-refractivity contribution is 5.94. The first-order chi connectivity index (χ1) is 13.3. The van der Waals surface area contributed by atoms with Crippen LogP contribution in [0.4, 0.5) is 5.69 Å². The van der Waals surface area contributed by atoms with Gasteiger partial charge in [0, 0.05) is 37.4 Å². The Kier molecular flexibility index (Phi) is 4.29. The molecule has 0 bridgehead atoms. The molecule has 0 N–H and O–H groups in total. The number of carbonyl (C=O) groups is 1. The fourth-order valence-electron chi connectivity index (χ4n) is 4.19. The first-order valence-electron chi connectivity index (χ1n) is 9.52. The first-order valence-corrected chi connectivity index (χ1v) is 9.52. The van der Waals surface area contributed by atoms with Gasteiger partial charge in [-0.25, -0.2) is 4.68 Å². The number of likely N-dealkylation sites (tertiary alicyclic amines) is 1. The lowest BCUT2D eigenvalue weighted by atomic mass is 9.99. The quantitative estimate of drug-likeness (QED) is 0.789. The Hall–Kier alpha value is -2.45. The highest BCUT2D eigenvalue weighted by atomic mass is 16.5.